The lowest BCUT2D eigenvalue weighted by Gasteiger charge is -2.30. The number of carbonyl (C=O) groups is 1. The normalized spacial score (nSPS) is 25.4. The number of para-hydroxylation sites is 1. The number of hydrogen-bond donors (Lipinski definition) is 0. The second-order valence-corrected chi connectivity index (χ2v) is 11.1. The summed E-state index contributed by atoms with van der Waals surface area (Å²) < 4.78 is 22.1. The molecule has 2 aromatic rings. The predicted octanol–water partition coefficient (Wildman–Crippen LogP) is 5.49. The third-order valence-corrected chi connectivity index (χ3v) is 8.96. The third-order valence-electron chi connectivity index (χ3n) is 8.03. The standard InChI is InChI=1S/C26H35FN4O2S/c1-18(21-15-19-10-11-20(21)14-19)31-24(16-33-23-9-5-4-8-22(23)27)28-29-26(31)34-17-25(32)30-12-6-2-3-7-13-30/h4-5,8-9,18-21H,2-3,6-7,10-17H2,1H3/t18-,19+,20+,21-/m1/s1. The van der Waals surface area contributed by atoms with Gasteiger partial charge >= 0.3 is 0 Å². The van der Waals surface area contributed by atoms with Crippen LogP contribution in [0.5, 0.6) is 5.75 Å². The average Bonchev–Trinajstić information content (AvgIpc) is 3.52. The van der Waals surface area contributed by atoms with Gasteiger partial charge in [-0.1, -0.05) is 43.2 Å². The van der Waals surface area contributed by atoms with Crippen LogP contribution in [0.15, 0.2) is 29.4 Å². The molecule has 1 aromatic heterocycles. The summed E-state index contributed by atoms with van der Waals surface area (Å²) in [6.45, 7) is 4.12. The lowest BCUT2D eigenvalue weighted by Crippen LogP contribution is -2.33. The van der Waals surface area contributed by atoms with Gasteiger partial charge in [-0.2, -0.15) is 0 Å². The molecule has 2 bridgehead atoms. The highest BCUT2D eigenvalue weighted by Gasteiger charge is 2.43. The van der Waals surface area contributed by atoms with Crippen molar-refractivity contribution < 1.29 is 13.9 Å². The van der Waals surface area contributed by atoms with E-state index in [1.165, 1.54) is 56.4 Å². The van der Waals surface area contributed by atoms with Gasteiger partial charge < -0.3 is 9.64 Å². The molecule has 5 rings (SSSR count). The zero-order valence-corrected chi connectivity index (χ0v) is 20.8. The monoisotopic (exact) mass is 486 g/mol. The van der Waals surface area contributed by atoms with Crippen molar-refractivity contribution in [3.8, 4) is 5.75 Å². The number of amides is 1. The maximum absolute atomic E-state index is 14.1. The van der Waals surface area contributed by atoms with Crippen LogP contribution in [-0.4, -0.2) is 44.4 Å². The molecule has 1 amide bonds. The van der Waals surface area contributed by atoms with Crippen molar-refractivity contribution in [3.05, 3.63) is 35.9 Å². The summed E-state index contributed by atoms with van der Waals surface area (Å²) in [5, 5.41) is 9.68. The van der Waals surface area contributed by atoms with E-state index in [2.05, 4.69) is 21.7 Å². The minimum atomic E-state index is -0.382. The van der Waals surface area contributed by atoms with E-state index < -0.39 is 0 Å². The van der Waals surface area contributed by atoms with Gasteiger partial charge in [0.1, 0.15) is 6.61 Å². The van der Waals surface area contributed by atoms with Crippen LogP contribution in [0.2, 0.25) is 0 Å². The van der Waals surface area contributed by atoms with Gasteiger partial charge in [-0.25, -0.2) is 4.39 Å². The van der Waals surface area contributed by atoms with Crippen LogP contribution < -0.4 is 4.74 Å². The second kappa shape index (κ2) is 10.7. The number of fused-ring (bicyclic) bond motifs is 2. The van der Waals surface area contributed by atoms with Crippen LogP contribution in [0.3, 0.4) is 0 Å². The molecule has 34 heavy (non-hydrogen) atoms. The van der Waals surface area contributed by atoms with E-state index in [0.717, 1.165) is 42.9 Å². The average molecular weight is 487 g/mol. The molecule has 1 aliphatic heterocycles. The van der Waals surface area contributed by atoms with Crippen LogP contribution >= 0.6 is 11.8 Å². The maximum Gasteiger partial charge on any atom is 0.233 e. The Hall–Kier alpha value is -2.09. The van der Waals surface area contributed by atoms with Crippen LogP contribution in [-0.2, 0) is 11.4 Å². The molecule has 3 aliphatic rings. The molecular formula is C26H35FN4O2S. The fraction of sp³-hybridized carbons (Fsp3) is 0.654. The lowest BCUT2D eigenvalue weighted by atomic mass is 9.84. The van der Waals surface area contributed by atoms with Gasteiger partial charge in [-0.05, 0) is 68.9 Å². The summed E-state index contributed by atoms with van der Waals surface area (Å²) in [7, 11) is 0. The van der Waals surface area contributed by atoms with Crippen molar-refractivity contribution in [3.63, 3.8) is 0 Å². The molecule has 0 radical (unpaired) electrons. The zero-order chi connectivity index (χ0) is 23.5. The summed E-state index contributed by atoms with van der Waals surface area (Å²) in [6.07, 6.45) is 9.82. The molecule has 2 heterocycles. The molecule has 2 aliphatic carbocycles. The Morgan fingerprint density at radius 2 is 1.94 bits per heavy atom. The van der Waals surface area contributed by atoms with E-state index in [1.807, 2.05) is 4.90 Å². The molecule has 184 valence electrons. The van der Waals surface area contributed by atoms with E-state index in [1.54, 1.807) is 18.2 Å². The first kappa shape index (κ1) is 23.6. The molecule has 0 unspecified atom stereocenters. The molecule has 8 heteroatoms. The van der Waals surface area contributed by atoms with E-state index in [0.29, 0.717) is 17.5 Å². The number of nitrogens with zero attached hydrogens (tertiary/aromatic N) is 4. The van der Waals surface area contributed by atoms with Crippen molar-refractivity contribution in [1.82, 2.24) is 19.7 Å². The Morgan fingerprint density at radius 1 is 1.15 bits per heavy atom. The summed E-state index contributed by atoms with van der Waals surface area (Å²) >= 11 is 1.48. The molecule has 4 atom stereocenters. The fourth-order valence-electron chi connectivity index (χ4n) is 6.23. The van der Waals surface area contributed by atoms with Crippen LogP contribution in [0.4, 0.5) is 4.39 Å². The number of ether oxygens (including phenoxy) is 1. The highest BCUT2D eigenvalue weighted by molar-refractivity contribution is 7.99. The first-order valence-electron chi connectivity index (χ1n) is 12.8. The molecule has 0 N–H and O–H groups in total. The first-order chi connectivity index (χ1) is 16.6. The van der Waals surface area contributed by atoms with Crippen molar-refractivity contribution in [2.24, 2.45) is 17.8 Å². The van der Waals surface area contributed by atoms with Gasteiger partial charge in [0.05, 0.1) is 5.75 Å². The van der Waals surface area contributed by atoms with E-state index in [-0.39, 0.29) is 30.1 Å². The number of halogens is 1. The Labute approximate surface area is 205 Å². The van der Waals surface area contributed by atoms with Crippen molar-refractivity contribution in [1.29, 1.82) is 0 Å². The Morgan fingerprint density at radius 3 is 2.65 bits per heavy atom. The number of hydrogen-bond acceptors (Lipinski definition) is 5. The van der Waals surface area contributed by atoms with Gasteiger partial charge in [0.15, 0.2) is 22.5 Å². The highest BCUT2D eigenvalue weighted by atomic mass is 32.2. The summed E-state index contributed by atoms with van der Waals surface area (Å²) in [5.74, 6) is 3.26. The maximum atomic E-state index is 14.1. The minimum absolute atomic E-state index is 0.153. The van der Waals surface area contributed by atoms with Crippen LogP contribution in [0.25, 0.3) is 0 Å². The van der Waals surface area contributed by atoms with Gasteiger partial charge in [-0.3, -0.25) is 9.36 Å². The number of likely N-dealkylation sites (tertiary alicyclic amines) is 1. The Bertz CT molecular complexity index is 991. The van der Waals surface area contributed by atoms with Crippen LogP contribution in [0.1, 0.15) is 70.2 Å². The summed E-state index contributed by atoms with van der Waals surface area (Å²) in [4.78, 5) is 14.9. The van der Waals surface area contributed by atoms with Crippen molar-refractivity contribution in [2.75, 3.05) is 18.8 Å². The van der Waals surface area contributed by atoms with Crippen LogP contribution in [0, 0.1) is 23.6 Å². The van der Waals surface area contributed by atoms with E-state index in [9.17, 15) is 9.18 Å². The topological polar surface area (TPSA) is 60.2 Å². The fourth-order valence-corrected chi connectivity index (χ4v) is 7.18. The number of aromatic nitrogens is 3. The summed E-state index contributed by atoms with van der Waals surface area (Å²) in [6, 6.07) is 6.66. The van der Waals surface area contributed by atoms with Crippen molar-refractivity contribution in [2.45, 2.75) is 76.1 Å². The minimum Gasteiger partial charge on any atom is -0.483 e. The molecule has 3 fully saturated rings. The van der Waals surface area contributed by atoms with Crippen molar-refractivity contribution >= 4 is 17.7 Å². The van der Waals surface area contributed by atoms with E-state index >= 15 is 0 Å². The quantitative estimate of drug-likeness (QED) is 0.462. The summed E-state index contributed by atoms with van der Waals surface area (Å²) in [5.41, 5.74) is 0. The smallest absolute Gasteiger partial charge is 0.233 e. The predicted molar refractivity (Wildman–Crippen MR) is 130 cm³/mol. The SMILES string of the molecule is C[C@H]([C@H]1C[C@H]2CC[C@H]1C2)n1c(COc2ccccc2F)nnc1SCC(=O)N1CCCCCC1. The highest BCUT2D eigenvalue weighted by Crippen LogP contribution is 2.52. The van der Waals surface area contributed by atoms with Gasteiger partial charge in [0, 0.05) is 19.1 Å². The first-order valence-corrected chi connectivity index (χ1v) is 13.8. The van der Waals surface area contributed by atoms with Gasteiger partial charge in [-0.15, -0.1) is 10.2 Å². The Kier molecular flexibility index (Phi) is 7.42. The molecule has 2 saturated carbocycles. The molecule has 0 spiro atoms. The molecule has 6 nitrogen and oxygen atoms in total. The number of rotatable bonds is 8. The molecule has 1 saturated heterocycles. The largest absolute Gasteiger partial charge is 0.483 e. The zero-order valence-electron chi connectivity index (χ0n) is 20.0. The number of thioether (sulfide) groups is 1. The molecular weight excluding hydrogens is 451 g/mol. The lowest BCUT2D eigenvalue weighted by molar-refractivity contribution is -0.128. The van der Waals surface area contributed by atoms with Gasteiger partial charge in [0.2, 0.25) is 5.91 Å². The van der Waals surface area contributed by atoms with E-state index in [4.69, 9.17) is 4.74 Å². The Balaban J connectivity index is 1.32. The number of carbonyl (C=O) groups excluding carboxylic acids is 1. The molecule has 1 aromatic carbocycles. The second-order valence-electron chi connectivity index (χ2n) is 10.2. The van der Waals surface area contributed by atoms with Gasteiger partial charge in [0.25, 0.3) is 0 Å². The third kappa shape index (κ3) is 5.11. The number of benzene rings is 1.